The maximum atomic E-state index is 6.23. The van der Waals surface area contributed by atoms with E-state index in [2.05, 4.69) is 5.32 Å². The van der Waals surface area contributed by atoms with E-state index in [0.717, 1.165) is 18.5 Å². The van der Waals surface area contributed by atoms with Crippen LogP contribution in [0.4, 0.5) is 0 Å². The van der Waals surface area contributed by atoms with Gasteiger partial charge in [0.15, 0.2) is 0 Å². The van der Waals surface area contributed by atoms with E-state index in [-0.39, 0.29) is 0 Å². The highest BCUT2D eigenvalue weighted by molar-refractivity contribution is 6.21. The van der Waals surface area contributed by atoms with Crippen molar-refractivity contribution in [3.8, 4) is 0 Å². The van der Waals surface area contributed by atoms with Crippen LogP contribution in [0.2, 0.25) is 0 Å². The molecule has 76 valence electrons. The van der Waals surface area contributed by atoms with Crippen molar-refractivity contribution in [2.24, 2.45) is 5.92 Å². The summed E-state index contributed by atoms with van der Waals surface area (Å²) >= 11 is 6.23. The van der Waals surface area contributed by atoms with Crippen molar-refractivity contribution in [1.82, 2.24) is 5.32 Å². The Labute approximate surface area is 86.2 Å². The monoisotopic (exact) mass is 201 g/mol. The summed E-state index contributed by atoms with van der Waals surface area (Å²) in [6, 6.07) is 0.772. The standard InChI is InChI=1S/C11H20ClN/c12-11(9-6-7-9)8-13-10-4-2-1-3-5-10/h9-11,13H,1-8H2. The first-order chi connectivity index (χ1) is 6.36. The molecule has 0 aliphatic heterocycles. The number of alkyl halides is 1. The minimum atomic E-state index is 0.405. The Hall–Kier alpha value is 0.250. The molecule has 2 aliphatic carbocycles. The lowest BCUT2D eigenvalue weighted by Crippen LogP contribution is -2.35. The smallest absolute Gasteiger partial charge is 0.0488 e. The first-order valence-corrected chi connectivity index (χ1v) is 6.17. The Morgan fingerprint density at radius 3 is 2.38 bits per heavy atom. The highest BCUT2D eigenvalue weighted by Gasteiger charge is 2.29. The molecule has 1 unspecified atom stereocenters. The third kappa shape index (κ3) is 3.14. The minimum Gasteiger partial charge on any atom is -0.313 e. The molecule has 0 aromatic carbocycles. The van der Waals surface area contributed by atoms with Gasteiger partial charge in [-0.2, -0.15) is 0 Å². The van der Waals surface area contributed by atoms with Crippen molar-refractivity contribution >= 4 is 11.6 Å². The van der Waals surface area contributed by atoms with Crippen molar-refractivity contribution < 1.29 is 0 Å². The van der Waals surface area contributed by atoms with Crippen LogP contribution in [0, 0.1) is 5.92 Å². The van der Waals surface area contributed by atoms with Crippen molar-refractivity contribution in [2.45, 2.75) is 56.4 Å². The van der Waals surface area contributed by atoms with Crippen LogP contribution in [-0.4, -0.2) is 18.0 Å². The van der Waals surface area contributed by atoms with Crippen LogP contribution in [-0.2, 0) is 0 Å². The number of hydrogen-bond acceptors (Lipinski definition) is 1. The molecule has 2 aliphatic rings. The van der Waals surface area contributed by atoms with Gasteiger partial charge in [0, 0.05) is 18.0 Å². The van der Waals surface area contributed by atoms with Crippen molar-refractivity contribution in [3.63, 3.8) is 0 Å². The Morgan fingerprint density at radius 1 is 1.08 bits per heavy atom. The van der Waals surface area contributed by atoms with E-state index in [1.165, 1.54) is 44.9 Å². The van der Waals surface area contributed by atoms with Gasteiger partial charge in [-0.1, -0.05) is 19.3 Å². The molecule has 0 aromatic rings. The lowest BCUT2D eigenvalue weighted by atomic mass is 9.95. The molecule has 1 atom stereocenters. The molecule has 1 nitrogen and oxygen atoms in total. The van der Waals surface area contributed by atoms with Crippen LogP contribution in [0.15, 0.2) is 0 Å². The fraction of sp³-hybridized carbons (Fsp3) is 1.00. The van der Waals surface area contributed by atoms with Gasteiger partial charge in [0.05, 0.1) is 0 Å². The number of hydrogen-bond donors (Lipinski definition) is 1. The Bertz CT molecular complexity index is 150. The Morgan fingerprint density at radius 2 is 1.77 bits per heavy atom. The van der Waals surface area contributed by atoms with Gasteiger partial charge < -0.3 is 5.32 Å². The molecule has 0 saturated heterocycles. The van der Waals surface area contributed by atoms with Gasteiger partial charge in [-0.15, -0.1) is 11.6 Å². The second-order valence-electron chi connectivity index (χ2n) is 4.60. The summed E-state index contributed by atoms with van der Waals surface area (Å²) in [5.41, 5.74) is 0. The summed E-state index contributed by atoms with van der Waals surface area (Å²) in [7, 11) is 0. The average Bonchev–Trinajstić information content (AvgIpc) is 2.99. The van der Waals surface area contributed by atoms with E-state index in [4.69, 9.17) is 11.6 Å². The zero-order valence-electron chi connectivity index (χ0n) is 8.27. The van der Waals surface area contributed by atoms with E-state index < -0.39 is 0 Å². The molecule has 2 rings (SSSR count). The van der Waals surface area contributed by atoms with Gasteiger partial charge >= 0.3 is 0 Å². The molecule has 0 heterocycles. The van der Waals surface area contributed by atoms with Gasteiger partial charge in [0.25, 0.3) is 0 Å². The molecule has 2 saturated carbocycles. The van der Waals surface area contributed by atoms with Gasteiger partial charge in [0.1, 0.15) is 0 Å². The predicted molar refractivity (Wildman–Crippen MR) is 57.2 cm³/mol. The van der Waals surface area contributed by atoms with Crippen LogP contribution in [0.5, 0.6) is 0 Å². The van der Waals surface area contributed by atoms with Crippen molar-refractivity contribution in [3.05, 3.63) is 0 Å². The van der Waals surface area contributed by atoms with Crippen LogP contribution in [0.1, 0.15) is 44.9 Å². The molecule has 13 heavy (non-hydrogen) atoms. The maximum Gasteiger partial charge on any atom is 0.0488 e. The van der Waals surface area contributed by atoms with Gasteiger partial charge in [-0.3, -0.25) is 0 Å². The SMILES string of the molecule is ClC(CNC1CCCCC1)C1CC1. The van der Waals surface area contributed by atoms with E-state index in [1.807, 2.05) is 0 Å². The summed E-state index contributed by atoms with van der Waals surface area (Å²) in [6.07, 6.45) is 9.72. The first-order valence-electron chi connectivity index (χ1n) is 5.74. The second kappa shape index (κ2) is 4.65. The molecule has 0 spiro atoms. The number of rotatable bonds is 4. The topological polar surface area (TPSA) is 12.0 Å². The maximum absolute atomic E-state index is 6.23. The molecule has 1 N–H and O–H groups in total. The van der Waals surface area contributed by atoms with E-state index >= 15 is 0 Å². The minimum absolute atomic E-state index is 0.405. The number of nitrogens with one attached hydrogen (secondary N) is 1. The van der Waals surface area contributed by atoms with Crippen LogP contribution in [0.25, 0.3) is 0 Å². The van der Waals surface area contributed by atoms with Crippen LogP contribution >= 0.6 is 11.6 Å². The van der Waals surface area contributed by atoms with Crippen molar-refractivity contribution in [1.29, 1.82) is 0 Å². The fourth-order valence-electron chi connectivity index (χ4n) is 2.21. The first kappa shape index (κ1) is 9.79. The van der Waals surface area contributed by atoms with Gasteiger partial charge in [-0.05, 0) is 31.6 Å². The molecule has 2 heteroatoms. The molecular formula is C11H20ClN. The zero-order valence-corrected chi connectivity index (χ0v) is 9.02. The highest BCUT2D eigenvalue weighted by Crippen LogP contribution is 2.35. The lowest BCUT2D eigenvalue weighted by molar-refractivity contribution is 0.370. The predicted octanol–water partition coefficient (Wildman–Crippen LogP) is 2.93. The Kier molecular flexibility index (Phi) is 3.51. The molecule has 0 radical (unpaired) electrons. The summed E-state index contributed by atoms with van der Waals surface area (Å²) in [4.78, 5) is 0. The molecule has 0 bridgehead atoms. The van der Waals surface area contributed by atoms with Crippen LogP contribution < -0.4 is 5.32 Å². The summed E-state index contributed by atoms with van der Waals surface area (Å²) < 4.78 is 0. The fourth-order valence-corrected chi connectivity index (χ4v) is 2.55. The third-order valence-electron chi connectivity index (χ3n) is 3.34. The molecule has 2 fully saturated rings. The molecule has 0 amide bonds. The molecular weight excluding hydrogens is 182 g/mol. The highest BCUT2D eigenvalue weighted by atomic mass is 35.5. The third-order valence-corrected chi connectivity index (χ3v) is 3.85. The number of halogens is 1. The normalized spacial score (nSPS) is 27.5. The summed E-state index contributed by atoms with van der Waals surface area (Å²) in [5.74, 6) is 0.831. The van der Waals surface area contributed by atoms with Gasteiger partial charge in [-0.25, -0.2) is 0 Å². The van der Waals surface area contributed by atoms with E-state index in [9.17, 15) is 0 Å². The summed E-state index contributed by atoms with van der Waals surface area (Å²) in [6.45, 7) is 1.04. The quantitative estimate of drug-likeness (QED) is 0.690. The lowest BCUT2D eigenvalue weighted by Gasteiger charge is -2.24. The van der Waals surface area contributed by atoms with E-state index in [1.54, 1.807) is 0 Å². The second-order valence-corrected chi connectivity index (χ2v) is 5.16. The molecule has 0 aromatic heterocycles. The van der Waals surface area contributed by atoms with E-state index in [0.29, 0.717) is 5.38 Å². The van der Waals surface area contributed by atoms with Gasteiger partial charge in [0.2, 0.25) is 0 Å². The van der Waals surface area contributed by atoms with Crippen LogP contribution in [0.3, 0.4) is 0 Å². The summed E-state index contributed by atoms with van der Waals surface area (Å²) in [5, 5.41) is 4.02. The largest absolute Gasteiger partial charge is 0.313 e. The Balaban J connectivity index is 1.60. The van der Waals surface area contributed by atoms with Crippen molar-refractivity contribution in [2.75, 3.05) is 6.54 Å². The zero-order chi connectivity index (χ0) is 9.10. The average molecular weight is 202 g/mol.